The lowest BCUT2D eigenvalue weighted by Gasteiger charge is -2.14. The number of nitrogens with two attached hydrogens (primary N) is 1. The van der Waals surface area contributed by atoms with E-state index in [2.05, 4.69) is 15.6 Å². The number of thioether (sulfide) groups is 1. The molecule has 0 unspecified atom stereocenters. The van der Waals surface area contributed by atoms with Gasteiger partial charge in [0.1, 0.15) is 5.56 Å². The molecular weight excluding hydrogens is 366 g/mol. The predicted octanol–water partition coefficient (Wildman–Crippen LogP) is 0.186. The molecule has 134 valence electrons. The zero-order valence-corrected chi connectivity index (χ0v) is 15.4. The molecule has 1 aromatic heterocycles. The van der Waals surface area contributed by atoms with Crippen LogP contribution in [0.2, 0.25) is 0 Å². The summed E-state index contributed by atoms with van der Waals surface area (Å²) in [5, 5.41) is 5.38. The number of nitrogens with one attached hydrogen (secondary N) is 2. The Balaban J connectivity index is 2.61. The first kappa shape index (κ1) is 18.8. The molecule has 0 radical (unpaired) electrons. The average molecular weight is 383 g/mol. The normalized spacial score (nSPS) is 11.2. The Morgan fingerprint density at radius 2 is 2.04 bits per heavy atom. The third kappa shape index (κ3) is 3.94. The molecule has 4 N–H and O–H groups in total. The quantitative estimate of drug-likeness (QED) is 0.378. The van der Waals surface area contributed by atoms with Crippen LogP contribution < -0.4 is 22.0 Å². The largest absolute Gasteiger partial charge is 0.355 e. The number of rotatable bonds is 5. The number of anilines is 2. The van der Waals surface area contributed by atoms with E-state index in [9.17, 15) is 18.0 Å². The molecule has 11 heteroatoms. The maximum atomic E-state index is 12.4. The molecule has 1 aromatic carbocycles. The molecule has 1 heterocycles. The van der Waals surface area contributed by atoms with Crippen molar-refractivity contribution in [2.75, 3.05) is 30.7 Å². The third-order valence-electron chi connectivity index (χ3n) is 3.24. The molecule has 0 spiro atoms. The van der Waals surface area contributed by atoms with Gasteiger partial charge in [-0.25, -0.2) is 18.1 Å². The van der Waals surface area contributed by atoms with Crippen LogP contribution in [-0.4, -0.2) is 43.5 Å². The van der Waals surface area contributed by atoms with Gasteiger partial charge in [0, 0.05) is 19.0 Å². The number of hydrogen-bond donors (Lipinski definition) is 3. The van der Waals surface area contributed by atoms with E-state index in [1.54, 1.807) is 12.3 Å². The minimum atomic E-state index is -3.41. The van der Waals surface area contributed by atoms with Crippen molar-refractivity contribution < 1.29 is 13.2 Å². The van der Waals surface area contributed by atoms with Gasteiger partial charge < -0.3 is 16.5 Å². The summed E-state index contributed by atoms with van der Waals surface area (Å²) in [5.41, 5.74) is -0.630. The molecular formula is C14H17N5O4S2. The van der Waals surface area contributed by atoms with Crippen LogP contribution in [0.15, 0.2) is 39.1 Å². The molecule has 1 amide bonds. The average Bonchev–Trinajstić information content (AvgIpc) is 2.57. The summed E-state index contributed by atoms with van der Waals surface area (Å²) in [6.07, 6.45) is 2.76. The van der Waals surface area contributed by atoms with Crippen molar-refractivity contribution in [2.45, 2.75) is 10.1 Å². The van der Waals surface area contributed by atoms with E-state index in [-0.39, 0.29) is 21.4 Å². The molecule has 2 aromatic rings. The van der Waals surface area contributed by atoms with Crippen molar-refractivity contribution in [2.24, 2.45) is 0 Å². The van der Waals surface area contributed by atoms with Crippen molar-refractivity contribution in [3.63, 3.8) is 0 Å². The van der Waals surface area contributed by atoms with Gasteiger partial charge in [0.25, 0.3) is 11.5 Å². The van der Waals surface area contributed by atoms with E-state index in [1.807, 2.05) is 0 Å². The van der Waals surface area contributed by atoms with Crippen molar-refractivity contribution >= 4 is 39.0 Å². The maximum absolute atomic E-state index is 12.4. The van der Waals surface area contributed by atoms with Gasteiger partial charge in [0.15, 0.2) is 20.8 Å². The first-order valence-electron chi connectivity index (χ1n) is 6.94. The summed E-state index contributed by atoms with van der Waals surface area (Å²) in [6.45, 7) is 0. The first-order chi connectivity index (χ1) is 11.7. The minimum Gasteiger partial charge on any atom is -0.355 e. The van der Waals surface area contributed by atoms with E-state index in [1.165, 1.54) is 25.2 Å². The maximum Gasteiger partial charge on any atom is 0.287 e. The van der Waals surface area contributed by atoms with Crippen LogP contribution >= 0.6 is 11.8 Å². The van der Waals surface area contributed by atoms with Crippen LogP contribution in [0.4, 0.5) is 11.5 Å². The number of carbonyl (C=O) groups is 1. The molecule has 2 rings (SSSR count). The minimum absolute atomic E-state index is 0.0129. The second kappa shape index (κ2) is 7.15. The van der Waals surface area contributed by atoms with Crippen LogP contribution in [0.25, 0.3) is 0 Å². The summed E-state index contributed by atoms with van der Waals surface area (Å²) in [7, 11) is -2.03. The Hall–Kier alpha value is -2.53. The van der Waals surface area contributed by atoms with Crippen molar-refractivity contribution in [1.29, 1.82) is 0 Å². The van der Waals surface area contributed by atoms with Crippen LogP contribution in [0.5, 0.6) is 0 Å². The second-order valence-corrected chi connectivity index (χ2v) is 7.79. The molecule has 9 nitrogen and oxygen atoms in total. The molecule has 0 aliphatic heterocycles. The zero-order valence-electron chi connectivity index (χ0n) is 13.7. The smallest absolute Gasteiger partial charge is 0.287 e. The lowest BCUT2D eigenvalue weighted by Crippen LogP contribution is -2.37. The standard InChI is InChI=1S/C14H17N5O4S2/c1-16-12(20)10-11(18-14(24-2)19(15)13(10)21)17-8-5-4-6-9(7-8)25(3,22)23/h4-7,17H,15H2,1-3H3,(H,16,20). The lowest BCUT2D eigenvalue weighted by molar-refractivity contribution is 0.0961. The highest BCUT2D eigenvalue weighted by atomic mass is 32.2. The SMILES string of the molecule is CNC(=O)c1c(Nc2cccc(S(C)(=O)=O)c2)nc(SC)n(N)c1=O. The number of nitrogen functional groups attached to an aromatic ring is 1. The zero-order chi connectivity index (χ0) is 18.8. The Bertz CT molecular complexity index is 985. The molecule has 0 saturated heterocycles. The number of amides is 1. The predicted molar refractivity (Wildman–Crippen MR) is 96.7 cm³/mol. The molecule has 0 bridgehead atoms. The number of carbonyl (C=O) groups excluding carboxylic acids is 1. The Kier molecular flexibility index (Phi) is 5.38. The summed E-state index contributed by atoms with van der Waals surface area (Å²) >= 11 is 1.13. The Morgan fingerprint density at radius 3 is 2.60 bits per heavy atom. The fourth-order valence-corrected chi connectivity index (χ4v) is 3.15. The van der Waals surface area contributed by atoms with Crippen LogP contribution in [-0.2, 0) is 9.84 Å². The van der Waals surface area contributed by atoms with E-state index < -0.39 is 21.3 Å². The fraction of sp³-hybridized carbons (Fsp3) is 0.214. The highest BCUT2D eigenvalue weighted by molar-refractivity contribution is 7.98. The van der Waals surface area contributed by atoms with E-state index >= 15 is 0 Å². The number of benzene rings is 1. The topological polar surface area (TPSA) is 136 Å². The Labute approximate surface area is 148 Å². The van der Waals surface area contributed by atoms with Crippen LogP contribution in [0, 0.1) is 0 Å². The summed E-state index contributed by atoms with van der Waals surface area (Å²) in [4.78, 5) is 28.7. The van der Waals surface area contributed by atoms with Crippen molar-refractivity contribution in [3.05, 3.63) is 40.2 Å². The van der Waals surface area contributed by atoms with E-state index in [4.69, 9.17) is 5.84 Å². The van der Waals surface area contributed by atoms with Gasteiger partial charge in [-0.05, 0) is 24.5 Å². The van der Waals surface area contributed by atoms with Crippen LogP contribution in [0.1, 0.15) is 10.4 Å². The number of nitrogens with zero attached hydrogens (tertiary/aromatic N) is 2. The van der Waals surface area contributed by atoms with Gasteiger partial charge in [-0.3, -0.25) is 9.59 Å². The molecule has 25 heavy (non-hydrogen) atoms. The third-order valence-corrected chi connectivity index (χ3v) is 5.01. The van der Waals surface area contributed by atoms with Crippen molar-refractivity contribution in [3.8, 4) is 0 Å². The van der Waals surface area contributed by atoms with Gasteiger partial charge in [-0.1, -0.05) is 17.8 Å². The highest BCUT2D eigenvalue weighted by Crippen LogP contribution is 2.22. The number of hydrogen-bond acceptors (Lipinski definition) is 8. The van der Waals surface area contributed by atoms with Crippen molar-refractivity contribution in [1.82, 2.24) is 15.0 Å². The van der Waals surface area contributed by atoms with Gasteiger partial charge in [0.05, 0.1) is 4.90 Å². The monoisotopic (exact) mass is 383 g/mol. The summed E-state index contributed by atoms with van der Waals surface area (Å²) < 4.78 is 24.1. The molecule has 0 aliphatic rings. The number of aromatic nitrogens is 2. The summed E-state index contributed by atoms with van der Waals surface area (Å²) in [5.74, 6) is 4.99. The van der Waals surface area contributed by atoms with E-state index in [0.717, 1.165) is 22.7 Å². The lowest BCUT2D eigenvalue weighted by atomic mass is 10.2. The molecule has 0 aliphatic carbocycles. The fourth-order valence-electron chi connectivity index (χ4n) is 2.02. The number of sulfone groups is 1. The highest BCUT2D eigenvalue weighted by Gasteiger charge is 2.21. The second-order valence-electron chi connectivity index (χ2n) is 5.00. The molecule has 0 fully saturated rings. The Morgan fingerprint density at radius 1 is 1.36 bits per heavy atom. The van der Waals surface area contributed by atoms with Gasteiger partial charge in [-0.2, -0.15) is 0 Å². The van der Waals surface area contributed by atoms with Gasteiger partial charge in [-0.15, -0.1) is 0 Å². The van der Waals surface area contributed by atoms with Gasteiger partial charge >= 0.3 is 0 Å². The summed E-state index contributed by atoms with van der Waals surface area (Å²) in [6, 6.07) is 5.96. The molecule has 0 saturated carbocycles. The molecule has 0 atom stereocenters. The van der Waals surface area contributed by atoms with Crippen LogP contribution in [0.3, 0.4) is 0 Å². The van der Waals surface area contributed by atoms with Gasteiger partial charge in [0.2, 0.25) is 0 Å². The first-order valence-corrected chi connectivity index (χ1v) is 10.1. The van der Waals surface area contributed by atoms with E-state index in [0.29, 0.717) is 5.69 Å².